The van der Waals surface area contributed by atoms with E-state index in [9.17, 15) is 9.59 Å². The standard InChI is InChI=1S/C14H15N3O2S/c18-13-11-4-2-1-3-10(11)12(16-17-13)14(19)15-9-5-7-20-8-6-9/h1-4,9H,5-8H2,(H,15,19)(H,17,18). The summed E-state index contributed by atoms with van der Waals surface area (Å²) < 4.78 is 0. The normalized spacial score (nSPS) is 16.2. The predicted octanol–water partition coefficient (Wildman–Crippen LogP) is 1.55. The Labute approximate surface area is 120 Å². The van der Waals surface area contributed by atoms with Crippen LogP contribution >= 0.6 is 11.8 Å². The molecule has 6 heteroatoms. The number of aromatic nitrogens is 2. The summed E-state index contributed by atoms with van der Waals surface area (Å²) in [5, 5.41) is 10.4. The molecule has 1 fully saturated rings. The molecule has 2 aromatic rings. The van der Waals surface area contributed by atoms with E-state index in [-0.39, 0.29) is 17.5 Å². The minimum atomic E-state index is -0.272. The zero-order valence-corrected chi connectivity index (χ0v) is 11.7. The minimum Gasteiger partial charge on any atom is -0.348 e. The largest absolute Gasteiger partial charge is 0.348 e. The first-order valence-electron chi connectivity index (χ1n) is 6.62. The van der Waals surface area contributed by atoms with Crippen molar-refractivity contribution < 1.29 is 4.79 Å². The van der Waals surface area contributed by atoms with Gasteiger partial charge in [0.1, 0.15) is 0 Å². The molecule has 1 aromatic carbocycles. The summed E-state index contributed by atoms with van der Waals surface area (Å²) in [7, 11) is 0. The lowest BCUT2D eigenvalue weighted by Gasteiger charge is -2.22. The van der Waals surface area contributed by atoms with Crippen molar-refractivity contribution in [3.8, 4) is 0 Å². The van der Waals surface area contributed by atoms with Gasteiger partial charge in [-0.15, -0.1) is 0 Å². The Hall–Kier alpha value is -1.82. The fourth-order valence-corrected chi connectivity index (χ4v) is 3.49. The lowest BCUT2D eigenvalue weighted by atomic mass is 10.1. The van der Waals surface area contributed by atoms with Gasteiger partial charge < -0.3 is 5.32 Å². The zero-order chi connectivity index (χ0) is 13.9. The molecule has 5 nitrogen and oxygen atoms in total. The van der Waals surface area contributed by atoms with E-state index in [1.807, 2.05) is 11.8 Å². The Balaban J connectivity index is 1.91. The molecule has 0 unspecified atom stereocenters. The van der Waals surface area contributed by atoms with Crippen LogP contribution in [0.3, 0.4) is 0 Å². The first-order chi connectivity index (χ1) is 9.75. The van der Waals surface area contributed by atoms with Gasteiger partial charge >= 0.3 is 0 Å². The summed E-state index contributed by atoms with van der Waals surface area (Å²) in [6.45, 7) is 0. The van der Waals surface area contributed by atoms with Gasteiger partial charge in [-0.2, -0.15) is 16.9 Å². The highest BCUT2D eigenvalue weighted by molar-refractivity contribution is 7.99. The van der Waals surface area contributed by atoms with Crippen LogP contribution in [0, 0.1) is 0 Å². The molecule has 0 bridgehead atoms. The number of benzene rings is 1. The number of carbonyl (C=O) groups excluding carboxylic acids is 1. The van der Waals surface area contributed by atoms with E-state index in [1.54, 1.807) is 24.3 Å². The van der Waals surface area contributed by atoms with Crippen molar-refractivity contribution in [3.63, 3.8) is 0 Å². The number of aromatic amines is 1. The van der Waals surface area contributed by atoms with Gasteiger partial charge in [-0.25, -0.2) is 5.10 Å². The lowest BCUT2D eigenvalue weighted by molar-refractivity contribution is 0.0930. The Kier molecular flexibility index (Phi) is 3.73. The van der Waals surface area contributed by atoms with Gasteiger partial charge in [0.25, 0.3) is 11.5 Å². The fraction of sp³-hybridized carbons (Fsp3) is 0.357. The van der Waals surface area contributed by atoms with E-state index in [4.69, 9.17) is 0 Å². The number of thioether (sulfide) groups is 1. The van der Waals surface area contributed by atoms with E-state index in [2.05, 4.69) is 15.5 Å². The van der Waals surface area contributed by atoms with Crippen molar-refractivity contribution in [1.82, 2.24) is 15.5 Å². The number of carbonyl (C=O) groups is 1. The van der Waals surface area contributed by atoms with Crippen LogP contribution in [0.5, 0.6) is 0 Å². The molecule has 1 aliphatic rings. The van der Waals surface area contributed by atoms with E-state index < -0.39 is 0 Å². The van der Waals surface area contributed by atoms with Crippen molar-refractivity contribution in [2.45, 2.75) is 18.9 Å². The Morgan fingerprint density at radius 1 is 1.25 bits per heavy atom. The zero-order valence-electron chi connectivity index (χ0n) is 10.9. The van der Waals surface area contributed by atoms with Crippen molar-refractivity contribution in [2.75, 3.05) is 11.5 Å². The molecular weight excluding hydrogens is 274 g/mol. The second-order valence-electron chi connectivity index (χ2n) is 4.81. The molecule has 2 N–H and O–H groups in total. The molecule has 0 aliphatic carbocycles. The highest BCUT2D eigenvalue weighted by Crippen LogP contribution is 2.18. The monoisotopic (exact) mass is 289 g/mol. The van der Waals surface area contributed by atoms with Gasteiger partial charge in [0.05, 0.1) is 5.39 Å². The molecule has 2 heterocycles. The van der Waals surface area contributed by atoms with Gasteiger partial charge in [0, 0.05) is 11.4 Å². The maximum absolute atomic E-state index is 12.3. The summed E-state index contributed by atoms with van der Waals surface area (Å²) in [6, 6.07) is 7.23. The summed E-state index contributed by atoms with van der Waals surface area (Å²) in [5.74, 6) is 1.93. The predicted molar refractivity (Wildman–Crippen MR) is 80.2 cm³/mol. The number of H-pyrrole nitrogens is 1. The second kappa shape index (κ2) is 5.66. The number of nitrogens with one attached hydrogen (secondary N) is 2. The third kappa shape index (κ3) is 2.56. The topological polar surface area (TPSA) is 74.8 Å². The third-order valence-electron chi connectivity index (χ3n) is 3.47. The molecule has 0 atom stereocenters. The maximum Gasteiger partial charge on any atom is 0.272 e. The Morgan fingerprint density at radius 2 is 1.95 bits per heavy atom. The number of hydrogen-bond donors (Lipinski definition) is 2. The average molecular weight is 289 g/mol. The SMILES string of the molecule is O=C(NC1CCSCC1)c1n[nH]c(=O)c2ccccc12. The summed E-state index contributed by atoms with van der Waals surface area (Å²) in [5.41, 5.74) is 0.0182. The van der Waals surface area contributed by atoms with Gasteiger partial charge in [0.15, 0.2) is 5.69 Å². The highest BCUT2D eigenvalue weighted by atomic mass is 32.2. The van der Waals surface area contributed by atoms with Gasteiger partial charge in [-0.05, 0) is 30.4 Å². The van der Waals surface area contributed by atoms with Crippen LogP contribution in [0.4, 0.5) is 0 Å². The number of amides is 1. The highest BCUT2D eigenvalue weighted by Gasteiger charge is 2.19. The lowest BCUT2D eigenvalue weighted by Crippen LogP contribution is -2.38. The second-order valence-corrected chi connectivity index (χ2v) is 6.03. The molecule has 1 aliphatic heterocycles. The van der Waals surface area contributed by atoms with Crippen molar-refractivity contribution >= 4 is 28.4 Å². The fourth-order valence-electron chi connectivity index (χ4n) is 2.38. The van der Waals surface area contributed by atoms with Crippen LogP contribution in [0.1, 0.15) is 23.3 Å². The van der Waals surface area contributed by atoms with Gasteiger partial charge in [-0.3, -0.25) is 9.59 Å². The number of hydrogen-bond acceptors (Lipinski definition) is 4. The van der Waals surface area contributed by atoms with E-state index in [1.165, 1.54) is 0 Å². The molecule has 0 saturated carbocycles. The summed E-state index contributed by atoms with van der Waals surface area (Å²) >= 11 is 1.91. The van der Waals surface area contributed by atoms with Gasteiger partial charge in [-0.1, -0.05) is 18.2 Å². The summed E-state index contributed by atoms with van der Waals surface area (Å²) in [4.78, 5) is 24.0. The van der Waals surface area contributed by atoms with Crippen molar-refractivity contribution in [3.05, 3.63) is 40.3 Å². The number of nitrogens with zero attached hydrogens (tertiary/aromatic N) is 1. The van der Waals surface area contributed by atoms with Crippen LogP contribution in [-0.4, -0.2) is 33.7 Å². The molecule has 20 heavy (non-hydrogen) atoms. The Morgan fingerprint density at radius 3 is 2.70 bits per heavy atom. The smallest absolute Gasteiger partial charge is 0.272 e. The van der Waals surface area contributed by atoms with E-state index in [0.717, 1.165) is 24.3 Å². The van der Waals surface area contributed by atoms with Crippen LogP contribution in [0.25, 0.3) is 10.8 Å². The van der Waals surface area contributed by atoms with Crippen LogP contribution in [0.15, 0.2) is 29.1 Å². The van der Waals surface area contributed by atoms with Crippen LogP contribution in [0.2, 0.25) is 0 Å². The summed E-state index contributed by atoms with van der Waals surface area (Å²) in [6.07, 6.45) is 1.97. The first-order valence-corrected chi connectivity index (χ1v) is 7.77. The molecule has 0 radical (unpaired) electrons. The number of fused-ring (bicyclic) bond motifs is 1. The molecule has 0 spiro atoms. The number of rotatable bonds is 2. The quantitative estimate of drug-likeness (QED) is 0.879. The average Bonchev–Trinajstić information content (AvgIpc) is 2.49. The maximum atomic E-state index is 12.3. The van der Waals surface area contributed by atoms with Crippen molar-refractivity contribution in [1.29, 1.82) is 0 Å². The van der Waals surface area contributed by atoms with Crippen LogP contribution in [-0.2, 0) is 0 Å². The van der Waals surface area contributed by atoms with Gasteiger partial charge in [0.2, 0.25) is 0 Å². The molecule has 1 saturated heterocycles. The minimum absolute atomic E-state index is 0.205. The molecular formula is C14H15N3O2S. The van der Waals surface area contributed by atoms with Crippen molar-refractivity contribution in [2.24, 2.45) is 0 Å². The van der Waals surface area contributed by atoms with E-state index in [0.29, 0.717) is 16.5 Å². The van der Waals surface area contributed by atoms with Crippen LogP contribution < -0.4 is 10.9 Å². The first kappa shape index (κ1) is 13.2. The molecule has 1 amide bonds. The van der Waals surface area contributed by atoms with E-state index >= 15 is 0 Å². The third-order valence-corrected chi connectivity index (χ3v) is 4.52. The molecule has 3 rings (SSSR count). The molecule has 1 aromatic heterocycles. The molecule has 104 valence electrons. The Bertz CT molecular complexity index is 692.